The van der Waals surface area contributed by atoms with Gasteiger partial charge in [0, 0.05) is 29.4 Å². The summed E-state index contributed by atoms with van der Waals surface area (Å²) in [4.78, 5) is 15.9. The van der Waals surface area contributed by atoms with Gasteiger partial charge in [0.15, 0.2) is 11.5 Å². The number of aromatic nitrogens is 3. The summed E-state index contributed by atoms with van der Waals surface area (Å²) in [6.07, 6.45) is -3.67. The van der Waals surface area contributed by atoms with Crippen molar-refractivity contribution < 1.29 is 18.0 Å². The average molecular weight is 454 g/mol. The lowest BCUT2D eigenvalue weighted by Gasteiger charge is -2.13. The van der Waals surface area contributed by atoms with E-state index >= 15 is 0 Å². The van der Waals surface area contributed by atoms with Crippen molar-refractivity contribution in [1.29, 1.82) is 0 Å². The van der Waals surface area contributed by atoms with Gasteiger partial charge in [0.25, 0.3) is 0 Å². The van der Waals surface area contributed by atoms with Crippen molar-refractivity contribution in [3.8, 4) is 11.3 Å². The van der Waals surface area contributed by atoms with Crippen molar-refractivity contribution in [3.05, 3.63) is 71.9 Å². The van der Waals surface area contributed by atoms with Crippen molar-refractivity contribution in [1.82, 2.24) is 14.6 Å². The third kappa shape index (κ3) is 5.05. The number of benzene rings is 2. The zero-order chi connectivity index (χ0) is 23.6. The van der Waals surface area contributed by atoms with Crippen LogP contribution < -0.4 is 16.4 Å². The van der Waals surface area contributed by atoms with E-state index in [1.54, 1.807) is 41.9 Å². The fraction of sp³-hybridized carbons (Fsp3) is 0.174. The number of nitrogens with zero attached hydrogens (tertiary/aromatic N) is 3. The molecule has 4 rings (SSSR count). The number of nitrogens with one attached hydrogen (secondary N) is 2. The van der Waals surface area contributed by atoms with Crippen molar-refractivity contribution in [2.75, 3.05) is 17.2 Å². The minimum absolute atomic E-state index is 0.303. The Morgan fingerprint density at radius 2 is 1.88 bits per heavy atom. The number of hydrogen-bond acceptors (Lipinski definition) is 5. The highest BCUT2D eigenvalue weighted by atomic mass is 19.4. The summed E-state index contributed by atoms with van der Waals surface area (Å²) in [5.74, 6) is -0.103. The van der Waals surface area contributed by atoms with E-state index in [-0.39, 0.29) is 6.54 Å². The second kappa shape index (κ2) is 8.81. The minimum Gasteiger partial charge on any atom is -0.382 e. The normalized spacial score (nSPS) is 11.5. The smallest absolute Gasteiger partial charge is 0.382 e. The highest BCUT2D eigenvalue weighted by Crippen LogP contribution is 2.29. The molecule has 33 heavy (non-hydrogen) atoms. The quantitative estimate of drug-likeness (QED) is 0.369. The van der Waals surface area contributed by atoms with Crippen LogP contribution in [0.2, 0.25) is 0 Å². The largest absolute Gasteiger partial charge is 0.390 e. The fourth-order valence-electron chi connectivity index (χ4n) is 3.46. The lowest BCUT2D eigenvalue weighted by molar-refractivity contribution is -0.131. The zero-order valence-corrected chi connectivity index (χ0v) is 17.6. The third-order valence-electron chi connectivity index (χ3n) is 5.03. The summed E-state index contributed by atoms with van der Waals surface area (Å²) in [7, 11) is 0. The first-order valence-electron chi connectivity index (χ1n) is 10.1. The highest BCUT2D eigenvalue weighted by molar-refractivity contribution is 5.95. The number of aryl methyl sites for hydroxylation is 1. The van der Waals surface area contributed by atoms with Gasteiger partial charge in [-0.25, -0.2) is 9.50 Å². The maximum Gasteiger partial charge on any atom is 0.390 e. The van der Waals surface area contributed by atoms with Gasteiger partial charge in [-0.1, -0.05) is 24.3 Å². The molecule has 0 aliphatic rings. The van der Waals surface area contributed by atoms with Crippen LogP contribution in [0, 0.1) is 6.92 Å². The molecule has 0 atom stereocenters. The summed E-state index contributed by atoms with van der Waals surface area (Å²) < 4.78 is 39.6. The van der Waals surface area contributed by atoms with Crippen molar-refractivity contribution >= 4 is 28.7 Å². The molecule has 0 fully saturated rings. The molecule has 0 aliphatic carbocycles. The molecule has 0 unspecified atom stereocenters. The number of hydrogen-bond donors (Lipinski definition) is 3. The van der Waals surface area contributed by atoms with E-state index in [1.807, 2.05) is 30.3 Å². The molecule has 0 spiro atoms. The summed E-state index contributed by atoms with van der Waals surface area (Å²) in [6.45, 7) is 1.47. The number of primary amides is 1. The lowest BCUT2D eigenvalue weighted by atomic mass is 10.0. The number of imidazole rings is 1. The van der Waals surface area contributed by atoms with E-state index in [4.69, 9.17) is 5.73 Å². The molecule has 7 nitrogen and oxygen atoms in total. The molecule has 2 aromatic carbocycles. The van der Waals surface area contributed by atoms with Crippen LogP contribution in [0.1, 0.15) is 22.3 Å². The molecule has 0 aliphatic heterocycles. The highest BCUT2D eigenvalue weighted by Gasteiger charge is 2.26. The predicted molar refractivity (Wildman–Crippen MR) is 121 cm³/mol. The van der Waals surface area contributed by atoms with Crippen LogP contribution in [0.4, 0.5) is 30.4 Å². The van der Waals surface area contributed by atoms with Crippen LogP contribution in [0.15, 0.2) is 60.8 Å². The van der Waals surface area contributed by atoms with Gasteiger partial charge in [-0.15, -0.1) is 5.10 Å². The van der Waals surface area contributed by atoms with Crippen LogP contribution in [0.5, 0.6) is 0 Å². The van der Waals surface area contributed by atoms with Crippen LogP contribution in [0.3, 0.4) is 0 Å². The number of rotatable bonds is 7. The van der Waals surface area contributed by atoms with E-state index in [9.17, 15) is 18.0 Å². The summed E-state index contributed by atoms with van der Waals surface area (Å²) in [6, 6.07) is 16.1. The van der Waals surface area contributed by atoms with Gasteiger partial charge in [0.05, 0.1) is 24.0 Å². The molecule has 0 radical (unpaired) electrons. The Labute approximate surface area is 187 Å². The molecular weight excluding hydrogens is 433 g/mol. The van der Waals surface area contributed by atoms with E-state index in [0.717, 1.165) is 11.3 Å². The van der Waals surface area contributed by atoms with Crippen molar-refractivity contribution in [2.45, 2.75) is 19.5 Å². The molecule has 0 bridgehead atoms. The predicted octanol–water partition coefficient (Wildman–Crippen LogP) is 4.91. The van der Waals surface area contributed by atoms with E-state index in [1.165, 1.54) is 0 Å². The average Bonchev–Trinajstić information content (AvgIpc) is 3.17. The molecule has 0 saturated carbocycles. The number of alkyl halides is 3. The number of fused-ring (bicyclic) bond motifs is 1. The topological polar surface area (TPSA) is 97.3 Å². The Kier molecular flexibility index (Phi) is 5.91. The van der Waals surface area contributed by atoms with Crippen LogP contribution >= 0.6 is 0 Å². The van der Waals surface area contributed by atoms with Crippen LogP contribution in [-0.2, 0) is 0 Å². The molecule has 4 aromatic rings. The van der Waals surface area contributed by atoms with Crippen molar-refractivity contribution in [3.63, 3.8) is 0 Å². The Bertz CT molecular complexity index is 1300. The van der Waals surface area contributed by atoms with Gasteiger partial charge < -0.3 is 16.4 Å². The van der Waals surface area contributed by atoms with E-state index in [2.05, 4.69) is 20.7 Å². The molecule has 2 aromatic heterocycles. The molecule has 2 heterocycles. The van der Waals surface area contributed by atoms with Crippen LogP contribution in [0.25, 0.3) is 16.9 Å². The number of carbonyl (C=O) groups excluding carboxylic acids is 1. The van der Waals surface area contributed by atoms with Gasteiger partial charge in [-0.3, -0.25) is 4.79 Å². The number of carbonyl (C=O) groups is 1. The SMILES string of the molecule is Cc1cc(-c2cnc3c(NCCC(F)(F)F)cc(Nc4ccccc4)nn23)ccc1C(N)=O. The van der Waals surface area contributed by atoms with Gasteiger partial charge in [0.1, 0.15) is 0 Å². The van der Waals surface area contributed by atoms with E-state index < -0.39 is 18.5 Å². The molecule has 1 amide bonds. The Morgan fingerprint density at radius 3 is 2.55 bits per heavy atom. The number of amides is 1. The second-order valence-electron chi connectivity index (χ2n) is 7.50. The Hall–Kier alpha value is -4.08. The number of anilines is 3. The first-order valence-corrected chi connectivity index (χ1v) is 10.1. The lowest BCUT2D eigenvalue weighted by Crippen LogP contribution is -2.15. The molecule has 170 valence electrons. The first kappa shape index (κ1) is 22.1. The summed E-state index contributed by atoms with van der Waals surface area (Å²) in [5.41, 5.74) is 9.39. The number of nitrogens with two attached hydrogens (primary N) is 1. The fourth-order valence-corrected chi connectivity index (χ4v) is 3.46. The molecule has 4 N–H and O–H groups in total. The standard InChI is InChI=1S/C23H21F3N6O/c1-14-11-15(7-8-17(14)21(27)33)19-13-29-22-18(28-10-9-23(24,25)26)12-20(31-32(19)22)30-16-5-3-2-4-6-16/h2-8,11-13,28H,9-10H2,1H3,(H2,27,33)(H,30,31). The summed E-state index contributed by atoms with van der Waals surface area (Å²) in [5, 5.41) is 10.6. The maximum atomic E-state index is 12.7. The minimum atomic E-state index is -4.28. The van der Waals surface area contributed by atoms with Gasteiger partial charge in [0.2, 0.25) is 5.91 Å². The summed E-state index contributed by atoms with van der Waals surface area (Å²) >= 11 is 0. The Balaban J connectivity index is 1.77. The second-order valence-corrected chi connectivity index (χ2v) is 7.50. The first-order chi connectivity index (χ1) is 15.7. The van der Waals surface area contributed by atoms with Crippen molar-refractivity contribution in [2.24, 2.45) is 5.73 Å². The number of halogens is 3. The molecule has 10 heteroatoms. The van der Waals surface area contributed by atoms with E-state index in [0.29, 0.717) is 34.0 Å². The molecular formula is C23H21F3N6O. The molecule has 0 saturated heterocycles. The zero-order valence-electron chi connectivity index (χ0n) is 17.6. The van der Waals surface area contributed by atoms with Gasteiger partial charge >= 0.3 is 6.18 Å². The Morgan fingerprint density at radius 1 is 1.12 bits per heavy atom. The van der Waals surface area contributed by atoms with Gasteiger partial charge in [-0.2, -0.15) is 13.2 Å². The monoisotopic (exact) mass is 454 g/mol. The third-order valence-corrected chi connectivity index (χ3v) is 5.03. The van der Waals surface area contributed by atoms with Gasteiger partial charge in [-0.05, 0) is 36.8 Å². The van der Waals surface area contributed by atoms with Crippen LogP contribution in [-0.4, -0.2) is 33.2 Å². The number of para-hydroxylation sites is 1. The maximum absolute atomic E-state index is 12.7.